The summed E-state index contributed by atoms with van der Waals surface area (Å²) in [6, 6.07) is 5.10. The zero-order valence-corrected chi connectivity index (χ0v) is 17.7. The normalized spacial score (nSPS) is 24.1. The second-order valence-corrected chi connectivity index (χ2v) is 9.99. The molecule has 1 unspecified atom stereocenters. The van der Waals surface area contributed by atoms with Gasteiger partial charge in [-0.2, -0.15) is 0 Å². The summed E-state index contributed by atoms with van der Waals surface area (Å²) < 4.78 is 32.6. The van der Waals surface area contributed by atoms with Gasteiger partial charge in [0.25, 0.3) is 10.0 Å². The third kappa shape index (κ3) is 4.62. The van der Waals surface area contributed by atoms with Crippen molar-refractivity contribution < 1.29 is 22.7 Å². The minimum atomic E-state index is -3.98. The summed E-state index contributed by atoms with van der Waals surface area (Å²) in [7, 11) is -3.98. The minimum absolute atomic E-state index is 0.0680. The summed E-state index contributed by atoms with van der Waals surface area (Å²) >= 11 is 0. The highest BCUT2D eigenvalue weighted by atomic mass is 32.2. The second kappa shape index (κ2) is 8.16. The molecule has 29 heavy (non-hydrogen) atoms. The Morgan fingerprint density at radius 3 is 2.66 bits per heavy atom. The predicted molar refractivity (Wildman–Crippen MR) is 107 cm³/mol. The number of amides is 2. The molecular formula is C20H27N3O5S. The Morgan fingerprint density at radius 1 is 1.31 bits per heavy atom. The molecule has 2 atom stereocenters. The maximum atomic E-state index is 13.1. The fraction of sp³-hybridized carbons (Fsp3) is 0.500. The van der Waals surface area contributed by atoms with Crippen LogP contribution in [0.25, 0.3) is 0 Å². The highest BCUT2D eigenvalue weighted by Crippen LogP contribution is 2.28. The number of benzene rings is 1. The van der Waals surface area contributed by atoms with Crippen molar-refractivity contribution in [3.05, 3.63) is 42.2 Å². The molecule has 2 amide bonds. The van der Waals surface area contributed by atoms with E-state index in [-0.39, 0.29) is 28.7 Å². The van der Waals surface area contributed by atoms with Gasteiger partial charge in [0.15, 0.2) is 0 Å². The first kappa shape index (κ1) is 21.3. The van der Waals surface area contributed by atoms with Crippen LogP contribution in [0, 0.1) is 12.3 Å². The maximum Gasteiger partial charge on any atom is 0.264 e. The average molecular weight is 422 g/mol. The molecule has 1 aromatic rings. The lowest BCUT2D eigenvalue weighted by Gasteiger charge is -2.39. The van der Waals surface area contributed by atoms with Gasteiger partial charge >= 0.3 is 0 Å². The van der Waals surface area contributed by atoms with Crippen LogP contribution in [-0.4, -0.2) is 49.8 Å². The van der Waals surface area contributed by atoms with Crippen molar-refractivity contribution >= 4 is 21.8 Å². The molecule has 2 aliphatic rings. The third-order valence-corrected chi connectivity index (χ3v) is 7.13. The molecule has 1 aromatic carbocycles. The fourth-order valence-electron chi connectivity index (χ4n) is 3.49. The lowest BCUT2D eigenvalue weighted by molar-refractivity contribution is -0.131. The first-order valence-electron chi connectivity index (χ1n) is 9.56. The lowest BCUT2D eigenvalue weighted by atomic mass is 9.82. The number of rotatable bonds is 5. The SMILES string of the molecule is Cc1ccc(S(=O)(=O)N2C=CNC(=O)[C@H]2CC(=O)NC2CCOCC2(C)C)cc1. The van der Waals surface area contributed by atoms with Crippen LogP contribution in [0.1, 0.15) is 32.3 Å². The maximum absolute atomic E-state index is 13.1. The zero-order valence-electron chi connectivity index (χ0n) is 16.8. The summed E-state index contributed by atoms with van der Waals surface area (Å²) in [5.41, 5.74) is 0.682. The van der Waals surface area contributed by atoms with Gasteiger partial charge in [-0.25, -0.2) is 8.42 Å². The molecule has 2 heterocycles. The number of nitrogens with zero attached hydrogens (tertiary/aromatic N) is 1. The van der Waals surface area contributed by atoms with E-state index in [4.69, 9.17) is 4.74 Å². The summed E-state index contributed by atoms with van der Waals surface area (Å²) in [4.78, 5) is 25.2. The van der Waals surface area contributed by atoms with Crippen LogP contribution in [0.3, 0.4) is 0 Å². The van der Waals surface area contributed by atoms with E-state index in [1.54, 1.807) is 12.1 Å². The van der Waals surface area contributed by atoms with E-state index in [0.717, 1.165) is 9.87 Å². The van der Waals surface area contributed by atoms with Crippen molar-refractivity contribution in [2.75, 3.05) is 13.2 Å². The predicted octanol–water partition coefficient (Wildman–Crippen LogP) is 1.28. The van der Waals surface area contributed by atoms with E-state index in [1.165, 1.54) is 24.5 Å². The van der Waals surface area contributed by atoms with Crippen LogP contribution in [0.5, 0.6) is 0 Å². The molecule has 0 spiro atoms. The van der Waals surface area contributed by atoms with Gasteiger partial charge in [-0.15, -0.1) is 0 Å². The van der Waals surface area contributed by atoms with E-state index in [2.05, 4.69) is 10.6 Å². The monoisotopic (exact) mass is 421 g/mol. The van der Waals surface area contributed by atoms with Gasteiger partial charge in [-0.05, 0) is 25.5 Å². The fourth-order valence-corrected chi connectivity index (χ4v) is 4.94. The Kier molecular flexibility index (Phi) is 6.00. The molecule has 2 aliphatic heterocycles. The van der Waals surface area contributed by atoms with E-state index >= 15 is 0 Å². The molecular weight excluding hydrogens is 394 g/mol. The van der Waals surface area contributed by atoms with Crippen molar-refractivity contribution in [3.8, 4) is 0 Å². The number of carbonyl (C=O) groups excluding carboxylic acids is 2. The quantitative estimate of drug-likeness (QED) is 0.745. The topological polar surface area (TPSA) is 105 Å². The van der Waals surface area contributed by atoms with Gasteiger partial charge in [-0.1, -0.05) is 31.5 Å². The molecule has 1 saturated heterocycles. The van der Waals surface area contributed by atoms with Gasteiger partial charge in [0.2, 0.25) is 11.8 Å². The second-order valence-electron chi connectivity index (χ2n) is 8.14. The largest absolute Gasteiger partial charge is 0.381 e. The van der Waals surface area contributed by atoms with Crippen molar-refractivity contribution in [3.63, 3.8) is 0 Å². The number of sulfonamides is 1. The van der Waals surface area contributed by atoms with Crippen LogP contribution in [0.4, 0.5) is 0 Å². The first-order chi connectivity index (χ1) is 13.6. The van der Waals surface area contributed by atoms with Crippen molar-refractivity contribution in [2.24, 2.45) is 5.41 Å². The highest BCUT2D eigenvalue weighted by molar-refractivity contribution is 7.89. The smallest absolute Gasteiger partial charge is 0.264 e. The number of ether oxygens (including phenoxy) is 1. The molecule has 0 aliphatic carbocycles. The number of hydrogen-bond acceptors (Lipinski definition) is 5. The number of aryl methyl sites for hydroxylation is 1. The van der Waals surface area contributed by atoms with E-state index in [9.17, 15) is 18.0 Å². The van der Waals surface area contributed by atoms with Crippen LogP contribution >= 0.6 is 0 Å². The molecule has 8 nitrogen and oxygen atoms in total. The molecule has 2 N–H and O–H groups in total. The lowest BCUT2D eigenvalue weighted by Crippen LogP contribution is -2.54. The minimum Gasteiger partial charge on any atom is -0.381 e. The van der Waals surface area contributed by atoms with E-state index in [1.807, 2.05) is 20.8 Å². The van der Waals surface area contributed by atoms with Crippen LogP contribution in [-0.2, 0) is 24.3 Å². The van der Waals surface area contributed by atoms with Crippen molar-refractivity contribution in [1.29, 1.82) is 0 Å². The molecule has 0 radical (unpaired) electrons. The Bertz CT molecular complexity index is 909. The molecule has 1 fully saturated rings. The Morgan fingerprint density at radius 2 is 2.00 bits per heavy atom. The standard InChI is InChI=1S/C20H27N3O5S/c1-14-4-6-15(7-5-14)29(26,27)23-10-9-21-19(25)16(23)12-18(24)22-17-8-11-28-13-20(17,2)3/h4-7,9-10,16-17H,8,11-13H2,1-3H3,(H,21,25)(H,22,24)/t16-,17?/m1/s1. The van der Waals surface area contributed by atoms with E-state index < -0.39 is 22.0 Å². The van der Waals surface area contributed by atoms with Gasteiger partial charge in [0.05, 0.1) is 17.9 Å². The molecule has 0 bridgehead atoms. The van der Waals surface area contributed by atoms with Gasteiger partial charge < -0.3 is 15.4 Å². The summed E-state index contributed by atoms with van der Waals surface area (Å²) in [5, 5.41) is 5.45. The van der Waals surface area contributed by atoms with Crippen LogP contribution < -0.4 is 10.6 Å². The van der Waals surface area contributed by atoms with Crippen molar-refractivity contribution in [1.82, 2.24) is 14.9 Å². The van der Waals surface area contributed by atoms with Gasteiger partial charge in [0.1, 0.15) is 6.04 Å². The Labute approximate surface area is 171 Å². The summed E-state index contributed by atoms with van der Waals surface area (Å²) in [6.07, 6.45) is 2.95. The van der Waals surface area contributed by atoms with Crippen LogP contribution in [0.2, 0.25) is 0 Å². The Balaban J connectivity index is 1.79. The van der Waals surface area contributed by atoms with E-state index in [0.29, 0.717) is 19.6 Å². The summed E-state index contributed by atoms with van der Waals surface area (Å²) in [5.74, 6) is -0.908. The van der Waals surface area contributed by atoms with Crippen LogP contribution in [0.15, 0.2) is 41.6 Å². The number of hydrogen-bond donors (Lipinski definition) is 2. The molecule has 0 aromatic heterocycles. The first-order valence-corrected chi connectivity index (χ1v) is 11.0. The zero-order chi connectivity index (χ0) is 21.2. The van der Waals surface area contributed by atoms with Crippen molar-refractivity contribution in [2.45, 2.75) is 50.6 Å². The number of nitrogens with one attached hydrogen (secondary N) is 2. The average Bonchev–Trinajstić information content (AvgIpc) is 2.65. The summed E-state index contributed by atoms with van der Waals surface area (Å²) in [6.45, 7) is 6.94. The molecule has 158 valence electrons. The number of carbonyl (C=O) groups is 2. The highest BCUT2D eigenvalue weighted by Gasteiger charge is 2.39. The van der Waals surface area contributed by atoms with Gasteiger partial charge in [0, 0.05) is 30.5 Å². The Hall–Kier alpha value is -2.39. The third-order valence-electron chi connectivity index (χ3n) is 5.34. The van der Waals surface area contributed by atoms with Gasteiger partial charge in [-0.3, -0.25) is 13.9 Å². The molecule has 9 heteroatoms. The molecule has 0 saturated carbocycles. The molecule has 3 rings (SSSR count).